The Kier molecular flexibility index (Phi) is 4.08. The van der Waals surface area contributed by atoms with Crippen molar-refractivity contribution in [3.05, 3.63) is 75.2 Å². The lowest BCUT2D eigenvalue weighted by atomic mass is 10.1. The molecule has 0 aromatic heterocycles. The molecule has 3 aromatic carbocycles. The summed E-state index contributed by atoms with van der Waals surface area (Å²) < 4.78 is 7.18. The van der Waals surface area contributed by atoms with Gasteiger partial charge in [0, 0.05) is 4.47 Å². The van der Waals surface area contributed by atoms with Crippen LogP contribution in [0, 0.1) is 0 Å². The fourth-order valence-electron chi connectivity index (χ4n) is 2.04. The molecule has 0 unspecified atom stereocenters. The zero-order valence-electron chi connectivity index (χ0n) is 10.8. The van der Waals surface area contributed by atoms with Crippen LogP contribution in [0.25, 0.3) is 10.8 Å². The van der Waals surface area contributed by atoms with E-state index >= 15 is 0 Å². The Balaban J connectivity index is 1.93. The number of carbonyl (C=O) groups excluding carboxylic acids is 1. The van der Waals surface area contributed by atoms with Crippen LogP contribution in [-0.2, 0) is 0 Å². The number of hydrogen-bond donors (Lipinski definition) is 0. The summed E-state index contributed by atoms with van der Waals surface area (Å²) in [5.41, 5.74) is 0.512. The molecule has 0 fully saturated rings. The Bertz CT molecular complexity index is 811. The van der Waals surface area contributed by atoms with Crippen molar-refractivity contribution >= 4 is 48.6 Å². The van der Waals surface area contributed by atoms with Crippen LogP contribution in [0.4, 0.5) is 0 Å². The van der Waals surface area contributed by atoms with Gasteiger partial charge in [-0.25, -0.2) is 4.79 Å². The first-order valence-corrected chi connectivity index (χ1v) is 7.89. The van der Waals surface area contributed by atoms with Crippen LogP contribution in [-0.4, -0.2) is 5.97 Å². The van der Waals surface area contributed by atoms with E-state index < -0.39 is 0 Å². The molecule has 0 heterocycles. The Morgan fingerprint density at radius 2 is 1.57 bits per heavy atom. The highest BCUT2D eigenvalue weighted by atomic mass is 79.9. The SMILES string of the molecule is O=C(Oc1ccc2ccccc2c1Br)c1ccc(Br)cc1. The van der Waals surface area contributed by atoms with Crippen molar-refractivity contribution in [2.75, 3.05) is 0 Å². The maximum absolute atomic E-state index is 12.2. The van der Waals surface area contributed by atoms with Crippen molar-refractivity contribution in [2.45, 2.75) is 0 Å². The van der Waals surface area contributed by atoms with Gasteiger partial charge in [0.05, 0.1) is 10.0 Å². The molecule has 0 aliphatic carbocycles. The van der Waals surface area contributed by atoms with E-state index in [-0.39, 0.29) is 5.97 Å². The fraction of sp³-hybridized carbons (Fsp3) is 0. The lowest BCUT2D eigenvalue weighted by Gasteiger charge is -2.09. The standard InChI is InChI=1S/C17H10Br2O2/c18-13-8-5-12(6-9-13)17(20)21-15-10-7-11-3-1-2-4-14(11)16(15)19/h1-10H. The quantitative estimate of drug-likeness (QED) is 0.410. The highest BCUT2D eigenvalue weighted by molar-refractivity contribution is 9.11. The Morgan fingerprint density at radius 3 is 2.33 bits per heavy atom. The number of fused-ring (bicyclic) bond motifs is 1. The van der Waals surface area contributed by atoms with Gasteiger partial charge in [0.15, 0.2) is 0 Å². The number of esters is 1. The summed E-state index contributed by atoms with van der Waals surface area (Å²) in [6.45, 7) is 0. The zero-order chi connectivity index (χ0) is 14.8. The summed E-state index contributed by atoms with van der Waals surface area (Å²) in [5.74, 6) is 0.139. The van der Waals surface area contributed by atoms with E-state index in [1.54, 1.807) is 18.2 Å². The second kappa shape index (κ2) is 6.00. The summed E-state index contributed by atoms with van der Waals surface area (Å²) in [6, 6.07) is 18.7. The van der Waals surface area contributed by atoms with Gasteiger partial charge in [0.25, 0.3) is 0 Å². The van der Waals surface area contributed by atoms with Gasteiger partial charge in [0.1, 0.15) is 5.75 Å². The van der Waals surface area contributed by atoms with E-state index in [0.717, 1.165) is 19.7 Å². The largest absolute Gasteiger partial charge is 0.422 e. The van der Waals surface area contributed by atoms with E-state index in [0.29, 0.717) is 11.3 Å². The topological polar surface area (TPSA) is 26.3 Å². The van der Waals surface area contributed by atoms with Gasteiger partial charge in [-0.15, -0.1) is 0 Å². The number of carbonyl (C=O) groups is 1. The van der Waals surface area contributed by atoms with Crippen LogP contribution in [0.3, 0.4) is 0 Å². The summed E-state index contributed by atoms with van der Waals surface area (Å²) in [5, 5.41) is 2.10. The molecule has 0 aliphatic heterocycles. The van der Waals surface area contributed by atoms with Crippen LogP contribution >= 0.6 is 31.9 Å². The van der Waals surface area contributed by atoms with Crippen LogP contribution < -0.4 is 4.74 Å². The van der Waals surface area contributed by atoms with Crippen LogP contribution in [0.1, 0.15) is 10.4 Å². The van der Waals surface area contributed by atoms with E-state index in [1.165, 1.54) is 0 Å². The molecule has 0 saturated heterocycles. The van der Waals surface area contributed by atoms with Crippen molar-refractivity contribution in [1.82, 2.24) is 0 Å². The lowest BCUT2D eigenvalue weighted by Crippen LogP contribution is -2.08. The van der Waals surface area contributed by atoms with Crippen molar-refractivity contribution in [2.24, 2.45) is 0 Å². The van der Waals surface area contributed by atoms with Crippen LogP contribution in [0.5, 0.6) is 5.75 Å². The predicted molar refractivity (Wildman–Crippen MR) is 90.7 cm³/mol. The number of halogens is 2. The molecule has 0 aliphatic rings. The molecule has 2 nitrogen and oxygen atoms in total. The summed E-state index contributed by atoms with van der Waals surface area (Å²) in [7, 11) is 0. The minimum atomic E-state index is -0.376. The third-order valence-corrected chi connectivity index (χ3v) is 4.46. The minimum Gasteiger partial charge on any atom is -0.422 e. The van der Waals surface area contributed by atoms with Crippen molar-refractivity contribution < 1.29 is 9.53 Å². The van der Waals surface area contributed by atoms with Crippen LogP contribution in [0.2, 0.25) is 0 Å². The first kappa shape index (κ1) is 14.3. The number of hydrogen-bond acceptors (Lipinski definition) is 2. The lowest BCUT2D eigenvalue weighted by molar-refractivity contribution is 0.0734. The minimum absolute atomic E-state index is 0.376. The van der Waals surface area contributed by atoms with Gasteiger partial charge in [-0.3, -0.25) is 0 Å². The molecular formula is C17H10Br2O2. The van der Waals surface area contributed by atoms with Crippen molar-refractivity contribution in [1.29, 1.82) is 0 Å². The predicted octanol–water partition coefficient (Wildman–Crippen LogP) is 5.58. The molecule has 3 aromatic rings. The molecule has 104 valence electrons. The van der Waals surface area contributed by atoms with Gasteiger partial charge in [-0.1, -0.05) is 46.3 Å². The van der Waals surface area contributed by atoms with Gasteiger partial charge in [0.2, 0.25) is 0 Å². The summed E-state index contributed by atoms with van der Waals surface area (Å²) in [6.07, 6.45) is 0. The number of benzene rings is 3. The molecule has 0 radical (unpaired) electrons. The average molecular weight is 406 g/mol. The second-order valence-electron chi connectivity index (χ2n) is 4.50. The molecule has 0 atom stereocenters. The van der Waals surface area contributed by atoms with Crippen molar-refractivity contribution in [3.8, 4) is 5.75 Å². The molecular weight excluding hydrogens is 396 g/mol. The molecule has 4 heteroatoms. The van der Waals surface area contributed by atoms with E-state index in [1.807, 2.05) is 42.5 Å². The van der Waals surface area contributed by atoms with Crippen LogP contribution in [0.15, 0.2) is 69.6 Å². The van der Waals surface area contributed by atoms with Gasteiger partial charge < -0.3 is 4.74 Å². The number of ether oxygens (including phenoxy) is 1. The average Bonchev–Trinajstić information content (AvgIpc) is 2.51. The monoisotopic (exact) mass is 404 g/mol. The van der Waals surface area contributed by atoms with Gasteiger partial charge >= 0.3 is 5.97 Å². The molecule has 0 spiro atoms. The molecule has 0 saturated carbocycles. The third kappa shape index (κ3) is 3.01. The van der Waals surface area contributed by atoms with Crippen molar-refractivity contribution in [3.63, 3.8) is 0 Å². The molecule has 0 amide bonds. The highest BCUT2D eigenvalue weighted by Gasteiger charge is 2.12. The first-order chi connectivity index (χ1) is 10.1. The summed E-state index contributed by atoms with van der Waals surface area (Å²) in [4.78, 5) is 12.2. The smallest absolute Gasteiger partial charge is 0.343 e. The molecule has 0 N–H and O–H groups in total. The second-order valence-corrected chi connectivity index (χ2v) is 6.20. The molecule has 0 bridgehead atoms. The van der Waals surface area contributed by atoms with Gasteiger partial charge in [-0.2, -0.15) is 0 Å². The molecule has 3 rings (SSSR count). The zero-order valence-corrected chi connectivity index (χ0v) is 14.0. The Hall–Kier alpha value is -1.65. The van der Waals surface area contributed by atoms with E-state index in [4.69, 9.17) is 4.74 Å². The first-order valence-electron chi connectivity index (χ1n) is 6.30. The normalized spacial score (nSPS) is 10.6. The Morgan fingerprint density at radius 1 is 0.857 bits per heavy atom. The highest BCUT2D eigenvalue weighted by Crippen LogP contribution is 2.33. The third-order valence-electron chi connectivity index (χ3n) is 3.11. The fourth-order valence-corrected chi connectivity index (χ4v) is 2.88. The molecule has 21 heavy (non-hydrogen) atoms. The maximum Gasteiger partial charge on any atom is 0.343 e. The van der Waals surface area contributed by atoms with E-state index in [9.17, 15) is 4.79 Å². The van der Waals surface area contributed by atoms with Gasteiger partial charge in [-0.05, 0) is 57.0 Å². The Labute approximate surface area is 139 Å². The summed E-state index contributed by atoms with van der Waals surface area (Å²) >= 11 is 6.85. The number of rotatable bonds is 2. The maximum atomic E-state index is 12.2. The van der Waals surface area contributed by atoms with E-state index in [2.05, 4.69) is 31.9 Å².